The Morgan fingerprint density at radius 1 is 1.24 bits per heavy atom. The summed E-state index contributed by atoms with van der Waals surface area (Å²) in [7, 11) is 0. The summed E-state index contributed by atoms with van der Waals surface area (Å²) in [5.74, 6) is 0.136. The number of nitrogen functional groups attached to an aromatic ring is 1. The molecule has 0 bridgehead atoms. The van der Waals surface area contributed by atoms with E-state index in [9.17, 15) is 4.79 Å². The first kappa shape index (κ1) is 19.8. The number of hydrogen-bond acceptors (Lipinski definition) is 6. The number of carbonyl (C=O) groups is 1. The van der Waals surface area contributed by atoms with Crippen LogP contribution in [0.25, 0.3) is 21.5 Å². The third-order valence-corrected chi connectivity index (χ3v) is 6.51. The molecule has 2 heterocycles. The van der Waals surface area contributed by atoms with E-state index >= 15 is 0 Å². The van der Waals surface area contributed by atoms with E-state index in [0.29, 0.717) is 17.5 Å². The van der Waals surface area contributed by atoms with Crippen molar-refractivity contribution in [1.29, 1.82) is 0 Å². The number of amides is 1. The first-order valence-corrected chi connectivity index (χ1v) is 11.1. The zero-order chi connectivity index (χ0) is 20.4. The Kier molecular flexibility index (Phi) is 5.78. The van der Waals surface area contributed by atoms with Gasteiger partial charge in [-0.25, -0.2) is 9.97 Å². The van der Waals surface area contributed by atoms with Gasteiger partial charge in [-0.2, -0.15) is 0 Å². The van der Waals surface area contributed by atoms with Crippen LogP contribution in [0.15, 0.2) is 24.3 Å². The minimum Gasteiger partial charge on any atom is -0.368 e. The van der Waals surface area contributed by atoms with Gasteiger partial charge >= 0.3 is 0 Å². The summed E-state index contributed by atoms with van der Waals surface area (Å²) in [6.45, 7) is 5.41. The standard InChI is InChI=1S/C22H27N5OS/c1-3-24-20(28)18-11-17-19(26-22(23)27-21(17)29-18)16-10-14(9-8-13(16)2)12-25-15-6-4-5-7-15/h8-11,15,25H,3-7,12H2,1-2H3,(H,24,28)(H2,23,26,27). The predicted molar refractivity (Wildman–Crippen MR) is 119 cm³/mol. The van der Waals surface area contributed by atoms with E-state index in [4.69, 9.17) is 5.73 Å². The molecule has 1 aliphatic carbocycles. The highest BCUT2D eigenvalue weighted by Gasteiger charge is 2.18. The third kappa shape index (κ3) is 4.26. The lowest BCUT2D eigenvalue weighted by Gasteiger charge is -2.14. The largest absolute Gasteiger partial charge is 0.368 e. The molecule has 7 heteroatoms. The molecule has 1 aliphatic rings. The fourth-order valence-electron chi connectivity index (χ4n) is 3.93. The molecule has 0 spiro atoms. The molecule has 2 aromatic heterocycles. The maximum atomic E-state index is 12.3. The average molecular weight is 410 g/mol. The second-order valence-electron chi connectivity index (χ2n) is 7.63. The van der Waals surface area contributed by atoms with E-state index in [-0.39, 0.29) is 11.9 Å². The minimum atomic E-state index is -0.0914. The Morgan fingerprint density at radius 3 is 2.79 bits per heavy atom. The fourth-order valence-corrected chi connectivity index (χ4v) is 4.88. The SMILES string of the molecule is CCNC(=O)c1cc2c(-c3cc(CNC4CCCC4)ccc3C)nc(N)nc2s1. The zero-order valence-electron chi connectivity index (χ0n) is 16.9. The van der Waals surface area contributed by atoms with Crippen LogP contribution >= 0.6 is 11.3 Å². The molecular formula is C22H27N5OS. The normalized spacial score (nSPS) is 14.6. The van der Waals surface area contributed by atoms with Gasteiger partial charge in [0.25, 0.3) is 5.91 Å². The number of nitrogens with zero attached hydrogens (tertiary/aromatic N) is 2. The van der Waals surface area contributed by atoms with Gasteiger partial charge in [0.05, 0.1) is 10.6 Å². The Hall–Kier alpha value is -2.51. The van der Waals surface area contributed by atoms with Crippen LogP contribution < -0.4 is 16.4 Å². The summed E-state index contributed by atoms with van der Waals surface area (Å²) in [6, 6.07) is 8.97. The van der Waals surface area contributed by atoms with E-state index in [1.807, 2.05) is 13.0 Å². The summed E-state index contributed by atoms with van der Waals surface area (Å²) >= 11 is 1.35. The van der Waals surface area contributed by atoms with E-state index in [2.05, 4.69) is 45.7 Å². The second kappa shape index (κ2) is 8.47. The van der Waals surface area contributed by atoms with E-state index < -0.39 is 0 Å². The molecule has 0 aliphatic heterocycles. The number of rotatable bonds is 6. The number of nitrogens with two attached hydrogens (primary N) is 1. The lowest BCUT2D eigenvalue weighted by atomic mass is 10.00. The lowest BCUT2D eigenvalue weighted by Crippen LogP contribution is -2.25. The monoisotopic (exact) mass is 409 g/mol. The van der Waals surface area contributed by atoms with Gasteiger partial charge in [-0.15, -0.1) is 11.3 Å². The molecule has 1 saturated carbocycles. The number of benzene rings is 1. The molecule has 152 valence electrons. The van der Waals surface area contributed by atoms with Crippen LogP contribution in [0, 0.1) is 6.92 Å². The Bertz CT molecular complexity index is 1040. The van der Waals surface area contributed by atoms with Crippen molar-refractivity contribution in [1.82, 2.24) is 20.6 Å². The fraction of sp³-hybridized carbons (Fsp3) is 0.409. The Labute approximate surface area is 174 Å². The van der Waals surface area contributed by atoms with E-state index in [1.54, 1.807) is 0 Å². The first-order valence-electron chi connectivity index (χ1n) is 10.2. The van der Waals surface area contributed by atoms with Gasteiger partial charge in [-0.3, -0.25) is 4.79 Å². The van der Waals surface area contributed by atoms with Crippen molar-refractivity contribution in [3.8, 4) is 11.3 Å². The van der Waals surface area contributed by atoms with E-state index in [1.165, 1.54) is 42.6 Å². The quantitative estimate of drug-likeness (QED) is 0.571. The molecule has 1 aromatic carbocycles. The molecule has 3 aromatic rings. The molecule has 0 radical (unpaired) electrons. The second-order valence-corrected chi connectivity index (χ2v) is 8.66. The number of aryl methyl sites for hydroxylation is 1. The minimum absolute atomic E-state index is 0.0914. The van der Waals surface area contributed by atoms with Gasteiger partial charge in [-0.05, 0) is 49.9 Å². The van der Waals surface area contributed by atoms with Crippen molar-refractivity contribution >= 4 is 33.4 Å². The number of thiophene rings is 1. The summed E-state index contributed by atoms with van der Waals surface area (Å²) in [5.41, 5.74) is 10.2. The molecule has 0 atom stereocenters. The van der Waals surface area contributed by atoms with E-state index in [0.717, 1.165) is 33.6 Å². The highest BCUT2D eigenvalue weighted by atomic mass is 32.1. The Morgan fingerprint density at radius 2 is 2.03 bits per heavy atom. The topological polar surface area (TPSA) is 92.9 Å². The molecule has 0 unspecified atom stereocenters. The molecule has 6 nitrogen and oxygen atoms in total. The molecule has 29 heavy (non-hydrogen) atoms. The van der Waals surface area contributed by atoms with Crippen molar-refractivity contribution in [3.63, 3.8) is 0 Å². The summed E-state index contributed by atoms with van der Waals surface area (Å²) in [6.07, 6.45) is 5.17. The maximum Gasteiger partial charge on any atom is 0.261 e. The maximum absolute atomic E-state index is 12.3. The van der Waals surface area contributed by atoms with Crippen LogP contribution in [0.5, 0.6) is 0 Å². The van der Waals surface area contributed by atoms with Crippen molar-refractivity contribution < 1.29 is 4.79 Å². The molecule has 0 saturated heterocycles. The molecule has 1 fully saturated rings. The number of nitrogens with one attached hydrogen (secondary N) is 2. The number of hydrogen-bond donors (Lipinski definition) is 3. The van der Waals surface area contributed by atoms with Crippen LogP contribution in [0.2, 0.25) is 0 Å². The highest BCUT2D eigenvalue weighted by Crippen LogP contribution is 2.34. The van der Waals surface area contributed by atoms with Gasteiger partial charge in [0.1, 0.15) is 4.83 Å². The van der Waals surface area contributed by atoms with Crippen LogP contribution in [0.3, 0.4) is 0 Å². The smallest absolute Gasteiger partial charge is 0.261 e. The van der Waals surface area contributed by atoms with Crippen molar-refractivity contribution in [3.05, 3.63) is 40.3 Å². The van der Waals surface area contributed by atoms with Gasteiger partial charge in [0.2, 0.25) is 5.95 Å². The average Bonchev–Trinajstić information content (AvgIpc) is 3.36. The van der Waals surface area contributed by atoms with Gasteiger partial charge < -0.3 is 16.4 Å². The third-order valence-electron chi connectivity index (χ3n) is 5.48. The summed E-state index contributed by atoms with van der Waals surface area (Å²) < 4.78 is 0. The molecular weight excluding hydrogens is 382 g/mol. The van der Waals surface area contributed by atoms with Gasteiger partial charge in [0.15, 0.2) is 0 Å². The molecule has 4 rings (SSSR count). The number of aromatic nitrogens is 2. The van der Waals surface area contributed by atoms with Gasteiger partial charge in [0, 0.05) is 30.1 Å². The first-order chi connectivity index (χ1) is 14.0. The Balaban J connectivity index is 1.71. The zero-order valence-corrected chi connectivity index (χ0v) is 17.7. The molecule has 1 amide bonds. The van der Waals surface area contributed by atoms with Crippen LogP contribution in [0.1, 0.15) is 53.4 Å². The summed E-state index contributed by atoms with van der Waals surface area (Å²) in [4.78, 5) is 22.6. The van der Waals surface area contributed by atoms with Crippen LogP contribution in [-0.2, 0) is 6.54 Å². The van der Waals surface area contributed by atoms with Gasteiger partial charge in [-0.1, -0.05) is 25.0 Å². The number of carbonyl (C=O) groups excluding carboxylic acids is 1. The van der Waals surface area contributed by atoms with Crippen LogP contribution in [0.4, 0.5) is 5.95 Å². The lowest BCUT2D eigenvalue weighted by molar-refractivity contribution is 0.0960. The number of anilines is 1. The summed E-state index contributed by atoms with van der Waals surface area (Å²) in [5, 5.41) is 7.38. The highest BCUT2D eigenvalue weighted by molar-refractivity contribution is 7.20. The van der Waals surface area contributed by atoms with Crippen molar-refractivity contribution in [2.24, 2.45) is 0 Å². The molecule has 4 N–H and O–H groups in total. The van der Waals surface area contributed by atoms with Crippen molar-refractivity contribution in [2.75, 3.05) is 12.3 Å². The number of fused-ring (bicyclic) bond motifs is 1. The predicted octanol–water partition coefficient (Wildman–Crippen LogP) is 4.03. The van der Waals surface area contributed by atoms with Crippen LogP contribution in [-0.4, -0.2) is 28.5 Å². The van der Waals surface area contributed by atoms with Crippen molar-refractivity contribution in [2.45, 2.75) is 52.1 Å².